The van der Waals surface area contributed by atoms with Gasteiger partial charge in [0.1, 0.15) is 5.84 Å². The van der Waals surface area contributed by atoms with E-state index in [2.05, 4.69) is 19.0 Å². The molecule has 0 saturated heterocycles. The Labute approximate surface area is 74.6 Å². The van der Waals surface area contributed by atoms with Gasteiger partial charge in [-0.15, -0.1) is 0 Å². The number of rotatable bonds is 5. The normalized spacial score (nSPS) is 17.4. The Hall–Kier alpha value is -0.730. The van der Waals surface area contributed by atoms with Gasteiger partial charge >= 0.3 is 0 Å². The smallest absolute Gasteiger partial charge is 0.141 e. The lowest BCUT2D eigenvalue weighted by atomic mass is 9.96. The lowest BCUT2D eigenvalue weighted by Crippen LogP contribution is -2.21. The van der Waals surface area contributed by atoms with Gasteiger partial charge in [-0.2, -0.15) is 0 Å². The van der Waals surface area contributed by atoms with Gasteiger partial charge in [-0.05, 0) is 12.3 Å². The van der Waals surface area contributed by atoms with Crippen LogP contribution in [0.5, 0.6) is 0 Å². The zero-order valence-electron chi connectivity index (χ0n) is 8.25. The van der Waals surface area contributed by atoms with Crippen LogP contribution in [0.1, 0.15) is 40.0 Å². The van der Waals surface area contributed by atoms with Crippen molar-refractivity contribution in [3.05, 3.63) is 0 Å². The van der Waals surface area contributed by atoms with E-state index in [4.69, 9.17) is 10.9 Å². The maximum atomic E-state index is 8.39. The van der Waals surface area contributed by atoms with E-state index in [1.54, 1.807) is 0 Å². The summed E-state index contributed by atoms with van der Waals surface area (Å²) in [4.78, 5) is 0. The summed E-state index contributed by atoms with van der Waals surface area (Å²) in [6.07, 6.45) is 3.35. The van der Waals surface area contributed by atoms with Crippen molar-refractivity contribution in [2.24, 2.45) is 22.7 Å². The molecule has 0 radical (unpaired) electrons. The molecular weight excluding hydrogens is 152 g/mol. The summed E-state index contributed by atoms with van der Waals surface area (Å²) in [6.45, 7) is 6.38. The third-order valence-corrected chi connectivity index (χ3v) is 2.41. The topological polar surface area (TPSA) is 58.6 Å². The standard InChI is InChI=1S/C9H20N2O/c1-4-7(2)5-6-8(3)9(10)11-12/h7-8,12H,4-6H2,1-3H3,(H2,10,11). The van der Waals surface area contributed by atoms with Crippen LogP contribution >= 0.6 is 0 Å². The summed E-state index contributed by atoms with van der Waals surface area (Å²) in [5.41, 5.74) is 5.44. The summed E-state index contributed by atoms with van der Waals surface area (Å²) in [5, 5.41) is 11.4. The number of hydrogen-bond donors (Lipinski definition) is 2. The summed E-state index contributed by atoms with van der Waals surface area (Å²) in [6, 6.07) is 0. The van der Waals surface area contributed by atoms with Gasteiger partial charge in [-0.25, -0.2) is 0 Å². The average molecular weight is 172 g/mol. The highest BCUT2D eigenvalue weighted by atomic mass is 16.4. The van der Waals surface area contributed by atoms with Crippen molar-refractivity contribution < 1.29 is 5.21 Å². The van der Waals surface area contributed by atoms with Gasteiger partial charge in [0.15, 0.2) is 0 Å². The van der Waals surface area contributed by atoms with Crippen molar-refractivity contribution in [1.29, 1.82) is 0 Å². The van der Waals surface area contributed by atoms with Crippen LogP contribution in [-0.4, -0.2) is 11.0 Å². The van der Waals surface area contributed by atoms with Crippen LogP contribution in [0.2, 0.25) is 0 Å². The number of amidine groups is 1. The highest BCUT2D eigenvalue weighted by Crippen LogP contribution is 2.14. The molecular formula is C9H20N2O. The third-order valence-electron chi connectivity index (χ3n) is 2.41. The lowest BCUT2D eigenvalue weighted by molar-refractivity contribution is 0.313. The molecule has 0 aliphatic heterocycles. The maximum Gasteiger partial charge on any atom is 0.141 e. The van der Waals surface area contributed by atoms with Crippen LogP contribution in [0.25, 0.3) is 0 Å². The van der Waals surface area contributed by atoms with Crippen LogP contribution in [0.15, 0.2) is 5.16 Å². The molecule has 0 saturated carbocycles. The first-order chi connectivity index (χ1) is 5.61. The van der Waals surface area contributed by atoms with Crippen molar-refractivity contribution in [1.82, 2.24) is 0 Å². The number of hydrogen-bond acceptors (Lipinski definition) is 2. The SMILES string of the molecule is CCC(C)CCC(C)/C(N)=N/O. The summed E-state index contributed by atoms with van der Waals surface area (Å²) in [7, 11) is 0. The summed E-state index contributed by atoms with van der Waals surface area (Å²) >= 11 is 0. The Morgan fingerprint density at radius 2 is 2.00 bits per heavy atom. The fraction of sp³-hybridized carbons (Fsp3) is 0.889. The van der Waals surface area contributed by atoms with Crippen molar-refractivity contribution in [2.45, 2.75) is 40.0 Å². The van der Waals surface area contributed by atoms with E-state index in [9.17, 15) is 0 Å². The van der Waals surface area contributed by atoms with Gasteiger partial charge in [0.25, 0.3) is 0 Å². The van der Waals surface area contributed by atoms with E-state index < -0.39 is 0 Å². The third kappa shape index (κ3) is 4.21. The molecule has 0 aromatic carbocycles. The molecule has 0 aromatic rings. The minimum atomic E-state index is 0.198. The molecule has 3 N–H and O–H groups in total. The molecule has 0 aromatic heterocycles. The predicted molar refractivity (Wildman–Crippen MR) is 51.3 cm³/mol. The number of nitrogens with two attached hydrogens (primary N) is 1. The van der Waals surface area contributed by atoms with Crippen LogP contribution in [-0.2, 0) is 0 Å². The fourth-order valence-electron chi connectivity index (χ4n) is 0.985. The number of nitrogens with zero attached hydrogens (tertiary/aromatic N) is 1. The molecule has 0 amide bonds. The van der Waals surface area contributed by atoms with Gasteiger partial charge in [-0.1, -0.05) is 38.8 Å². The highest BCUT2D eigenvalue weighted by molar-refractivity contribution is 5.81. The van der Waals surface area contributed by atoms with Gasteiger partial charge in [0.2, 0.25) is 0 Å². The minimum absolute atomic E-state index is 0.198. The van der Waals surface area contributed by atoms with Crippen LogP contribution in [0.4, 0.5) is 0 Å². The Kier molecular flexibility index (Phi) is 5.51. The first-order valence-electron chi connectivity index (χ1n) is 4.59. The molecule has 12 heavy (non-hydrogen) atoms. The number of oxime groups is 1. The Morgan fingerprint density at radius 1 is 1.42 bits per heavy atom. The second-order valence-corrected chi connectivity index (χ2v) is 3.52. The van der Waals surface area contributed by atoms with Gasteiger partial charge in [0.05, 0.1) is 0 Å². The largest absolute Gasteiger partial charge is 0.409 e. The molecule has 0 aliphatic rings. The van der Waals surface area contributed by atoms with Gasteiger partial charge in [-0.3, -0.25) is 0 Å². The highest BCUT2D eigenvalue weighted by Gasteiger charge is 2.08. The van der Waals surface area contributed by atoms with E-state index >= 15 is 0 Å². The molecule has 72 valence electrons. The van der Waals surface area contributed by atoms with Gasteiger partial charge < -0.3 is 10.9 Å². The zero-order valence-corrected chi connectivity index (χ0v) is 8.25. The summed E-state index contributed by atoms with van der Waals surface area (Å²) in [5.74, 6) is 1.28. The van der Waals surface area contributed by atoms with Crippen molar-refractivity contribution >= 4 is 5.84 Å². The molecule has 0 rings (SSSR count). The molecule has 0 spiro atoms. The molecule has 0 aliphatic carbocycles. The van der Waals surface area contributed by atoms with Crippen LogP contribution in [0.3, 0.4) is 0 Å². The van der Waals surface area contributed by atoms with E-state index in [-0.39, 0.29) is 5.92 Å². The lowest BCUT2D eigenvalue weighted by Gasteiger charge is -2.12. The van der Waals surface area contributed by atoms with Crippen molar-refractivity contribution in [3.63, 3.8) is 0 Å². The minimum Gasteiger partial charge on any atom is -0.409 e. The monoisotopic (exact) mass is 172 g/mol. The Balaban J connectivity index is 3.64. The first-order valence-corrected chi connectivity index (χ1v) is 4.59. The Morgan fingerprint density at radius 3 is 2.42 bits per heavy atom. The van der Waals surface area contributed by atoms with Crippen LogP contribution in [0, 0.1) is 11.8 Å². The van der Waals surface area contributed by atoms with E-state index in [0.717, 1.165) is 18.8 Å². The maximum absolute atomic E-state index is 8.39. The first kappa shape index (κ1) is 11.3. The molecule has 2 unspecified atom stereocenters. The van der Waals surface area contributed by atoms with Crippen LogP contribution < -0.4 is 5.73 Å². The second kappa shape index (κ2) is 5.86. The molecule has 3 nitrogen and oxygen atoms in total. The molecule has 0 bridgehead atoms. The predicted octanol–water partition coefficient (Wildman–Crippen LogP) is 2.20. The molecule has 0 fully saturated rings. The quantitative estimate of drug-likeness (QED) is 0.289. The molecule has 3 heteroatoms. The Bertz CT molecular complexity index is 145. The zero-order chi connectivity index (χ0) is 9.56. The summed E-state index contributed by atoms with van der Waals surface area (Å²) < 4.78 is 0. The van der Waals surface area contributed by atoms with Crippen molar-refractivity contribution in [2.75, 3.05) is 0 Å². The van der Waals surface area contributed by atoms with Crippen molar-refractivity contribution in [3.8, 4) is 0 Å². The van der Waals surface area contributed by atoms with E-state index in [1.807, 2.05) is 6.92 Å². The molecule has 0 heterocycles. The van der Waals surface area contributed by atoms with Gasteiger partial charge in [0, 0.05) is 5.92 Å². The average Bonchev–Trinajstić information content (AvgIpc) is 2.11. The van der Waals surface area contributed by atoms with E-state index in [1.165, 1.54) is 6.42 Å². The van der Waals surface area contributed by atoms with E-state index in [0.29, 0.717) is 5.84 Å². The fourth-order valence-corrected chi connectivity index (χ4v) is 0.985. The molecule has 2 atom stereocenters. The second-order valence-electron chi connectivity index (χ2n) is 3.52.